The van der Waals surface area contributed by atoms with Crippen LogP contribution < -0.4 is 15.0 Å². The smallest absolute Gasteiger partial charge is 0.321 e. The van der Waals surface area contributed by atoms with Gasteiger partial charge in [-0.05, 0) is 19.1 Å². The lowest BCUT2D eigenvalue weighted by Crippen LogP contribution is -2.24. The summed E-state index contributed by atoms with van der Waals surface area (Å²) < 4.78 is 5.03. The summed E-state index contributed by atoms with van der Waals surface area (Å²) >= 11 is 1.15. The van der Waals surface area contributed by atoms with Gasteiger partial charge >= 0.3 is 6.01 Å². The van der Waals surface area contributed by atoms with E-state index in [1.54, 1.807) is 31.1 Å². The monoisotopic (exact) mass is 335 g/mol. The number of thiophene rings is 1. The first kappa shape index (κ1) is 16.8. The molecule has 2 aromatic rings. The Hall–Kier alpha value is -2.55. The number of carbonyl (C=O) groups excluding carboxylic acids is 2. The first-order valence-corrected chi connectivity index (χ1v) is 7.57. The highest BCUT2D eigenvalue weighted by molar-refractivity contribution is 7.15. The van der Waals surface area contributed by atoms with E-state index in [1.807, 2.05) is 0 Å². The molecule has 0 bridgehead atoms. The van der Waals surface area contributed by atoms with Gasteiger partial charge in [0.2, 0.25) is 5.95 Å². The first-order chi connectivity index (χ1) is 10.9. The number of amides is 1. The van der Waals surface area contributed by atoms with Gasteiger partial charge in [-0.1, -0.05) is 0 Å². The molecule has 0 atom stereocenters. The fourth-order valence-corrected chi connectivity index (χ4v) is 2.47. The number of ketones is 1. The zero-order chi connectivity index (χ0) is 17.0. The van der Waals surface area contributed by atoms with Crippen molar-refractivity contribution in [2.45, 2.75) is 13.5 Å². The second-order valence-electron chi connectivity index (χ2n) is 4.84. The van der Waals surface area contributed by atoms with Crippen LogP contribution in [-0.2, 0) is 6.54 Å². The molecule has 0 saturated heterocycles. The summed E-state index contributed by atoms with van der Waals surface area (Å²) in [6, 6.07) is 3.44. The topological polar surface area (TPSA) is 97.3 Å². The Morgan fingerprint density at radius 1 is 1.22 bits per heavy atom. The Bertz CT molecular complexity index is 729. The van der Waals surface area contributed by atoms with E-state index in [0.717, 1.165) is 11.3 Å². The van der Waals surface area contributed by atoms with Crippen LogP contribution in [0.2, 0.25) is 0 Å². The van der Waals surface area contributed by atoms with Gasteiger partial charge in [-0.2, -0.15) is 15.0 Å². The summed E-state index contributed by atoms with van der Waals surface area (Å²) in [6.45, 7) is 1.60. The lowest BCUT2D eigenvalue weighted by molar-refractivity contribution is 0.0953. The van der Waals surface area contributed by atoms with Crippen molar-refractivity contribution in [2.75, 3.05) is 26.1 Å². The molecule has 0 aromatic carbocycles. The molecule has 1 amide bonds. The largest absolute Gasteiger partial charge is 0.467 e. The molecular formula is C14H17N5O3S. The third kappa shape index (κ3) is 4.22. The van der Waals surface area contributed by atoms with Crippen LogP contribution in [0.15, 0.2) is 12.1 Å². The summed E-state index contributed by atoms with van der Waals surface area (Å²) in [6.07, 6.45) is 0. The minimum atomic E-state index is -0.284. The van der Waals surface area contributed by atoms with Crippen LogP contribution in [-0.4, -0.2) is 47.8 Å². The van der Waals surface area contributed by atoms with Gasteiger partial charge in [-0.15, -0.1) is 11.3 Å². The molecule has 2 aromatic heterocycles. The number of carbonyl (C=O) groups is 2. The fraction of sp³-hybridized carbons (Fsp3) is 0.357. The molecule has 23 heavy (non-hydrogen) atoms. The van der Waals surface area contributed by atoms with Crippen molar-refractivity contribution in [3.8, 4) is 6.01 Å². The number of hydrogen-bond acceptors (Lipinski definition) is 8. The predicted octanol–water partition coefficient (Wildman–Crippen LogP) is 1.14. The predicted molar refractivity (Wildman–Crippen MR) is 86.2 cm³/mol. The first-order valence-electron chi connectivity index (χ1n) is 6.76. The molecule has 0 unspecified atom stereocenters. The maximum atomic E-state index is 12.1. The van der Waals surface area contributed by atoms with E-state index < -0.39 is 0 Å². The molecule has 122 valence electrons. The van der Waals surface area contributed by atoms with Crippen molar-refractivity contribution < 1.29 is 14.3 Å². The molecule has 0 aliphatic heterocycles. The zero-order valence-electron chi connectivity index (χ0n) is 13.3. The lowest BCUT2D eigenvalue weighted by atomic mass is 10.3. The molecule has 0 saturated carbocycles. The summed E-state index contributed by atoms with van der Waals surface area (Å²) in [4.78, 5) is 38.5. The number of nitrogens with zero attached hydrogens (tertiary/aromatic N) is 4. The van der Waals surface area contributed by atoms with Crippen molar-refractivity contribution in [1.29, 1.82) is 0 Å². The van der Waals surface area contributed by atoms with Crippen molar-refractivity contribution in [3.05, 3.63) is 27.7 Å². The summed E-state index contributed by atoms with van der Waals surface area (Å²) in [5.74, 6) is 0.480. The molecule has 2 heterocycles. The van der Waals surface area contributed by atoms with Gasteiger partial charge in [0.05, 0.1) is 23.4 Å². The quantitative estimate of drug-likeness (QED) is 0.791. The van der Waals surface area contributed by atoms with Crippen LogP contribution in [0.5, 0.6) is 6.01 Å². The highest BCUT2D eigenvalue weighted by Crippen LogP contribution is 2.17. The van der Waals surface area contributed by atoms with E-state index in [4.69, 9.17) is 4.74 Å². The van der Waals surface area contributed by atoms with Gasteiger partial charge in [0, 0.05) is 14.1 Å². The van der Waals surface area contributed by atoms with E-state index in [0.29, 0.717) is 21.5 Å². The number of Topliss-reactive ketones (excluding diaryl/α,β-unsaturated/α-hetero) is 1. The number of rotatable bonds is 6. The number of ether oxygens (including phenoxy) is 1. The molecule has 2 rings (SSSR count). The van der Waals surface area contributed by atoms with Crippen LogP contribution in [0.4, 0.5) is 5.95 Å². The number of nitrogens with one attached hydrogen (secondary N) is 1. The van der Waals surface area contributed by atoms with Gasteiger partial charge in [0.1, 0.15) is 0 Å². The molecule has 9 heteroatoms. The van der Waals surface area contributed by atoms with Crippen LogP contribution in [0.25, 0.3) is 0 Å². The van der Waals surface area contributed by atoms with Crippen molar-refractivity contribution >= 4 is 29.0 Å². The Morgan fingerprint density at radius 3 is 2.48 bits per heavy atom. The normalized spacial score (nSPS) is 10.3. The molecule has 0 aliphatic rings. The number of aromatic nitrogens is 3. The minimum absolute atomic E-state index is 0.0631. The van der Waals surface area contributed by atoms with Gasteiger partial charge < -0.3 is 15.0 Å². The van der Waals surface area contributed by atoms with Crippen molar-refractivity contribution in [3.63, 3.8) is 0 Å². The Balaban J connectivity index is 2.08. The average Bonchev–Trinajstić information content (AvgIpc) is 3.02. The van der Waals surface area contributed by atoms with Crippen LogP contribution in [0.1, 0.15) is 32.1 Å². The van der Waals surface area contributed by atoms with Crippen LogP contribution in [0.3, 0.4) is 0 Å². The van der Waals surface area contributed by atoms with E-state index in [-0.39, 0.29) is 24.2 Å². The summed E-state index contributed by atoms with van der Waals surface area (Å²) in [5.41, 5.74) is 0. The molecule has 8 nitrogen and oxygen atoms in total. The second kappa shape index (κ2) is 7.14. The van der Waals surface area contributed by atoms with E-state index >= 15 is 0 Å². The number of anilines is 1. The zero-order valence-corrected chi connectivity index (χ0v) is 14.1. The molecular weight excluding hydrogens is 318 g/mol. The number of methoxy groups -OCH3 is 1. The summed E-state index contributed by atoms with van der Waals surface area (Å²) in [5, 5.41) is 2.72. The third-order valence-electron chi connectivity index (χ3n) is 2.82. The molecule has 1 N–H and O–H groups in total. The van der Waals surface area contributed by atoms with E-state index in [9.17, 15) is 9.59 Å². The minimum Gasteiger partial charge on any atom is -0.467 e. The third-order valence-corrected chi connectivity index (χ3v) is 4.00. The molecule has 0 spiro atoms. The molecule has 0 fully saturated rings. The Morgan fingerprint density at radius 2 is 1.91 bits per heavy atom. The Kier molecular flexibility index (Phi) is 5.22. The lowest BCUT2D eigenvalue weighted by Gasteiger charge is -2.12. The fourth-order valence-electron chi connectivity index (χ4n) is 1.65. The molecule has 0 aliphatic carbocycles. The van der Waals surface area contributed by atoms with Gasteiger partial charge in [-0.25, -0.2) is 0 Å². The maximum Gasteiger partial charge on any atom is 0.321 e. The van der Waals surface area contributed by atoms with E-state index in [1.165, 1.54) is 14.0 Å². The second-order valence-corrected chi connectivity index (χ2v) is 5.92. The maximum absolute atomic E-state index is 12.1. The Labute approximate surface area is 137 Å². The van der Waals surface area contributed by atoms with Crippen LogP contribution >= 0.6 is 11.3 Å². The van der Waals surface area contributed by atoms with Gasteiger partial charge in [-0.3, -0.25) is 9.59 Å². The van der Waals surface area contributed by atoms with Crippen molar-refractivity contribution in [1.82, 2.24) is 20.3 Å². The van der Waals surface area contributed by atoms with E-state index in [2.05, 4.69) is 20.3 Å². The average molecular weight is 335 g/mol. The summed E-state index contributed by atoms with van der Waals surface area (Å²) in [7, 11) is 5.06. The SMILES string of the molecule is COc1nc(CNC(=O)c2ccc(C(C)=O)s2)nc(N(C)C)n1. The number of hydrogen-bond donors (Lipinski definition) is 1. The van der Waals surface area contributed by atoms with Gasteiger partial charge in [0.15, 0.2) is 11.6 Å². The highest BCUT2D eigenvalue weighted by Gasteiger charge is 2.13. The van der Waals surface area contributed by atoms with Gasteiger partial charge in [0.25, 0.3) is 5.91 Å². The highest BCUT2D eigenvalue weighted by atomic mass is 32.1. The van der Waals surface area contributed by atoms with Crippen LogP contribution in [0, 0.1) is 0 Å². The molecule has 0 radical (unpaired) electrons. The van der Waals surface area contributed by atoms with Crippen molar-refractivity contribution in [2.24, 2.45) is 0 Å². The standard InChI is InChI=1S/C14H17N5O3S/c1-8(20)9-5-6-10(23-9)12(21)15-7-11-16-13(19(2)3)18-14(17-11)22-4/h5-6H,7H2,1-4H3,(H,15,21).